The van der Waals surface area contributed by atoms with Gasteiger partial charge >= 0.3 is 0 Å². The number of aryl methyl sites for hydroxylation is 1. The molecule has 1 aromatic heterocycles. The summed E-state index contributed by atoms with van der Waals surface area (Å²) in [6, 6.07) is 0. The second kappa shape index (κ2) is 10.9. The third-order valence-corrected chi connectivity index (χ3v) is 3.14. The van der Waals surface area contributed by atoms with E-state index < -0.39 is 0 Å². The summed E-state index contributed by atoms with van der Waals surface area (Å²) in [6.45, 7) is 5.75. The number of rotatable bonds is 7. The van der Waals surface area contributed by atoms with Crippen LogP contribution in [0.25, 0.3) is 0 Å². The number of halogens is 1. The van der Waals surface area contributed by atoms with E-state index in [-0.39, 0.29) is 24.0 Å². The summed E-state index contributed by atoms with van der Waals surface area (Å²) in [5, 5.41) is 14.7. The van der Waals surface area contributed by atoms with Crippen LogP contribution in [0.3, 0.4) is 0 Å². The second-order valence-corrected chi connectivity index (χ2v) is 4.64. The number of hydrogen-bond acceptors (Lipinski definition) is 3. The Balaban J connectivity index is 0.00000361. The Morgan fingerprint density at radius 3 is 2.50 bits per heavy atom. The monoisotopic (exact) mass is 394 g/mol. The summed E-state index contributed by atoms with van der Waals surface area (Å²) in [7, 11) is 3.75. The average molecular weight is 394 g/mol. The minimum absolute atomic E-state index is 0. The molecule has 0 aliphatic heterocycles. The van der Waals surface area contributed by atoms with E-state index in [1.165, 1.54) is 25.7 Å². The zero-order chi connectivity index (χ0) is 14.1. The molecular weight excluding hydrogens is 367 g/mol. The first-order valence-electron chi connectivity index (χ1n) is 6.98. The van der Waals surface area contributed by atoms with Crippen LogP contribution in [0.5, 0.6) is 0 Å². The zero-order valence-corrected chi connectivity index (χ0v) is 15.3. The lowest BCUT2D eigenvalue weighted by atomic mass is 10.2. The van der Waals surface area contributed by atoms with E-state index in [9.17, 15) is 0 Å². The Labute approximate surface area is 138 Å². The fourth-order valence-electron chi connectivity index (χ4n) is 1.75. The van der Waals surface area contributed by atoms with Crippen LogP contribution < -0.4 is 10.6 Å². The van der Waals surface area contributed by atoms with Crippen LogP contribution in [0.4, 0.5) is 0 Å². The Bertz CT molecular complexity index is 402. The Morgan fingerprint density at radius 2 is 1.95 bits per heavy atom. The van der Waals surface area contributed by atoms with Crippen LogP contribution in [-0.4, -0.2) is 34.3 Å². The molecule has 0 radical (unpaired) electrons. The van der Waals surface area contributed by atoms with Crippen LogP contribution in [0, 0.1) is 6.92 Å². The highest BCUT2D eigenvalue weighted by atomic mass is 127. The first kappa shape index (κ1) is 19.1. The van der Waals surface area contributed by atoms with Gasteiger partial charge in [0.1, 0.15) is 5.82 Å². The van der Waals surface area contributed by atoms with E-state index in [2.05, 4.69) is 32.7 Å². The summed E-state index contributed by atoms with van der Waals surface area (Å²) in [5.41, 5.74) is 0. The zero-order valence-electron chi connectivity index (χ0n) is 12.9. The van der Waals surface area contributed by atoms with Gasteiger partial charge in [-0.15, -0.1) is 34.2 Å². The number of guanidine groups is 1. The molecule has 0 aromatic carbocycles. The molecule has 0 aliphatic rings. The van der Waals surface area contributed by atoms with Crippen molar-refractivity contribution in [3.05, 3.63) is 11.6 Å². The molecule has 0 saturated carbocycles. The normalized spacial score (nSPS) is 11.1. The summed E-state index contributed by atoms with van der Waals surface area (Å²) >= 11 is 0. The lowest BCUT2D eigenvalue weighted by Gasteiger charge is -2.11. The van der Waals surface area contributed by atoms with Crippen molar-refractivity contribution >= 4 is 29.9 Å². The van der Waals surface area contributed by atoms with E-state index in [0.29, 0.717) is 6.54 Å². The van der Waals surface area contributed by atoms with Gasteiger partial charge in [-0.05, 0) is 13.3 Å². The molecule has 116 valence electrons. The third kappa shape index (κ3) is 6.53. The smallest absolute Gasteiger partial charge is 0.191 e. The van der Waals surface area contributed by atoms with Crippen LogP contribution in [0.2, 0.25) is 0 Å². The van der Waals surface area contributed by atoms with Crippen molar-refractivity contribution < 1.29 is 0 Å². The molecule has 1 aromatic rings. The second-order valence-electron chi connectivity index (χ2n) is 4.64. The van der Waals surface area contributed by atoms with Gasteiger partial charge in [-0.1, -0.05) is 26.2 Å². The molecule has 0 bridgehead atoms. The third-order valence-electron chi connectivity index (χ3n) is 3.14. The maximum Gasteiger partial charge on any atom is 0.191 e. The van der Waals surface area contributed by atoms with Crippen molar-refractivity contribution in [2.45, 2.75) is 46.1 Å². The topological polar surface area (TPSA) is 67.1 Å². The highest BCUT2D eigenvalue weighted by Crippen LogP contribution is 1.98. The molecule has 0 saturated heterocycles. The van der Waals surface area contributed by atoms with Crippen LogP contribution in [0.1, 0.15) is 44.3 Å². The quantitative estimate of drug-likeness (QED) is 0.321. The first-order valence-corrected chi connectivity index (χ1v) is 6.98. The molecule has 6 nitrogen and oxygen atoms in total. The fourth-order valence-corrected chi connectivity index (χ4v) is 1.75. The molecule has 0 atom stereocenters. The maximum atomic E-state index is 4.19. The predicted molar refractivity (Wildman–Crippen MR) is 93.5 cm³/mol. The van der Waals surface area contributed by atoms with Crippen molar-refractivity contribution in [1.82, 2.24) is 25.4 Å². The highest BCUT2D eigenvalue weighted by Gasteiger charge is 2.05. The largest absolute Gasteiger partial charge is 0.356 e. The van der Waals surface area contributed by atoms with Crippen LogP contribution in [0.15, 0.2) is 4.99 Å². The highest BCUT2D eigenvalue weighted by molar-refractivity contribution is 14.0. The standard InChI is InChI=1S/C13H26N6.HI/c1-5-6-7-8-9-15-13(14-3)16-10-12-18-17-11(2)19(12)4;/h5-10H2,1-4H3,(H2,14,15,16);1H. The van der Waals surface area contributed by atoms with Gasteiger partial charge in [0.2, 0.25) is 0 Å². The molecule has 0 amide bonds. The van der Waals surface area contributed by atoms with Gasteiger partial charge in [0.25, 0.3) is 0 Å². The molecule has 1 rings (SSSR count). The van der Waals surface area contributed by atoms with E-state index in [1.807, 2.05) is 18.5 Å². The van der Waals surface area contributed by atoms with Crippen LogP contribution in [-0.2, 0) is 13.6 Å². The van der Waals surface area contributed by atoms with Gasteiger partial charge in [0, 0.05) is 20.6 Å². The Morgan fingerprint density at radius 1 is 1.20 bits per heavy atom. The molecule has 1 heterocycles. The lowest BCUT2D eigenvalue weighted by Crippen LogP contribution is -2.37. The minimum atomic E-state index is 0. The van der Waals surface area contributed by atoms with Crippen molar-refractivity contribution in [1.29, 1.82) is 0 Å². The van der Waals surface area contributed by atoms with Crippen molar-refractivity contribution in [2.24, 2.45) is 12.0 Å². The summed E-state index contributed by atoms with van der Waals surface area (Å²) in [4.78, 5) is 4.19. The predicted octanol–water partition coefficient (Wildman–Crippen LogP) is 1.99. The Hall–Kier alpha value is -0.860. The van der Waals surface area contributed by atoms with Gasteiger partial charge in [-0.25, -0.2) is 0 Å². The maximum absolute atomic E-state index is 4.19. The number of unbranched alkanes of at least 4 members (excludes halogenated alkanes) is 3. The van der Waals surface area contributed by atoms with Gasteiger partial charge in [-0.3, -0.25) is 4.99 Å². The van der Waals surface area contributed by atoms with E-state index in [4.69, 9.17) is 0 Å². The van der Waals surface area contributed by atoms with Crippen molar-refractivity contribution in [2.75, 3.05) is 13.6 Å². The van der Waals surface area contributed by atoms with E-state index in [1.54, 1.807) is 7.05 Å². The van der Waals surface area contributed by atoms with Gasteiger partial charge in [0.05, 0.1) is 6.54 Å². The van der Waals surface area contributed by atoms with E-state index >= 15 is 0 Å². The molecule has 20 heavy (non-hydrogen) atoms. The molecule has 0 spiro atoms. The lowest BCUT2D eigenvalue weighted by molar-refractivity contribution is 0.643. The van der Waals surface area contributed by atoms with Gasteiger partial charge in [-0.2, -0.15) is 0 Å². The SMILES string of the molecule is CCCCCCNC(=NC)NCc1nnc(C)n1C.I. The molecule has 0 aliphatic carbocycles. The van der Waals surface area contributed by atoms with Gasteiger partial charge in [0.15, 0.2) is 11.8 Å². The molecular formula is C13H27IN6. The van der Waals surface area contributed by atoms with E-state index in [0.717, 1.165) is 24.2 Å². The molecule has 0 unspecified atom stereocenters. The molecule has 7 heteroatoms. The molecule has 0 fully saturated rings. The Kier molecular flexibility index (Phi) is 10.4. The molecule has 2 N–H and O–H groups in total. The summed E-state index contributed by atoms with van der Waals surface area (Å²) in [6.07, 6.45) is 5.00. The number of nitrogens with zero attached hydrogens (tertiary/aromatic N) is 4. The average Bonchev–Trinajstić information content (AvgIpc) is 2.73. The minimum Gasteiger partial charge on any atom is -0.356 e. The van der Waals surface area contributed by atoms with Crippen LogP contribution >= 0.6 is 24.0 Å². The fraction of sp³-hybridized carbons (Fsp3) is 0.769. The van der Waals surface area contributed by atoms with Crippen molar-refractivity contribution in [3.8, 4) is 0 Å². The van der Waals surface area contributed by atoms with Gasteiger partial charge < -0.3 is 15.2 Å². The summed E-state index contributed by atoms with van der Waals surface area (Å²) in [5.74, 6) is 2.64. The number of aliphatic imine (C=N–C) groups is 1. The number of aromatic nitrogens is 3. The first-order chi connectivity index (χ1) is 9.19. The number of nitrogens with one attached hydrogen (secondary N) is 2. The summed E-state index contributed by atoms with van der Waals surface area (Å²) < 4.78 is 1.97. The number of hydrogen-bond donors (Lipinski definition) is 2. The van der Waals surface area contributed by atoms with Crippen molar-refractivity contribution in [3.63, 3.8) is 0 Å².